The van der Waals surface area contributed by atoms with Crippen LogP contribution in [0.4, 0.5) is 10.1 Å². The summed E-state index contributed by atoms with van der Waals surface area (Å²) in [5, 5.41) is 10.0. The van der Waals surface area contributed by atoms with Gasteiger partial charge in [-0.25, -0.2) is 4.39 Å². The van der Waals surface area contributed by atoms with Crippen LogP contribution in [-0.4, -0.2) is 11.7 Å². The summed E-state index contributed by atoms with van der Waals surface area (Å²) in [5.74, 6) is 0.0773. The van der Waals surface area contributed by atoms with E-state index in [2.05, 4.69) is 24.8 Å². The Bertz CT molecular complexity index is 640. The number of allylic oxidation sites excluding steroid dienone is 3. The fourth-order valence-corrected chi connectivity index (χ4v) is 2.77. The summed E-state index contributed by atoms with van der Waals surface area (Å²) in [5.41, 5.74) is 2.78. The van der Waals surface area contributed by atoms with E-state index in [9.17, 15) is 9.50 Å². The molecule has 0 spiro atoms. The number of anilines is 1. The molecule has 2 nitrogen and oxygen atoms in total. The standard InChI is InChI=1S/C17H18FNO/c1-17(2)8-6-14-15(11-17)19(9-7-16(14)20)13-5-3-4-12(18)10-13/h3-8,10,20H,9,11H2,1-2H3. The van der Waals surface area contributed by atoms with E-state index in [1.54, 1.807) is 12.1 Å². The Labute approximate surface area is 118 Å². The monoisotopic (exact) mass is 271 g/mol. The molecule has 104 valence electrons. The molecule has 0 aromatic heterocycles. The van der Waals surface area contributed by atoms with Gasteiger partial charge in [0.2, 0.25) is 0 Å². The van der Waals surface area contributed by atoms with Gasteiger partial charge in [0.25, 0.3) is 0 Å². The van der Waals surface area contributed by atoms with Gasteiger partial charge in [-0.3, -0.25) is 0 Å². The highest BCUT2D eigenvalue weighted by Gasteiger charge is 2.30. The quantitative estimate of drug-likeness (QED) is 0.822. The lowest BCUT2D eigenvalue weighted by atomic mass is 9.80. The molecule has 1 N–H and O–H groups in total. The van der Waals surface area contributed by atoms with Crippen LogP contribution in [0.5, 0.6) is 0 Å². The molecule has 0 saturated carbocycles. The van der Waals surface area contributed by atoms with Crippen molar-refractivity contribution in [2.24, 2.45) is 5.41 Å². The fraction of sp³-hybridized carbons (Fsp3) is 0.294. The highest BCUT2D eigenvalue weighted by molar-refractivity contribution is 5.61. The van der Waals surface area contributed by atoms with E-state index in [-0.39, 0.29) is 11.2 Å². The van der Waals surface area contributed by atoms with Gasteiger partial charge in [-0.1, -0.05) is 32.1 Å². The van der Waals surface area contributed by atoms with E-state index in [0.717, 1.165) is 23.4 Å². The van der Waals surface area contributed by atoms with Gasteiger partial charge >= 0.3 is 0 Å². The summed E-state index contributed by atoms with van der Waals surface area (Å²) in [6.45, 7) is 4.89. The average molecular weight is 271 g/mol. The molecule has 1 aromatic rings. The van der Waals surface area contributed by atoms with Crippen LogP contribution in [0, 0.1) is 11.2 Å². The van der Waals surface area contributed by atoms with Gasteiger partial charge in [0.05, 0.1) is 0 Å². The predicted octanol–water partition coefficient (Wildman–Crippen LogP) is 4.33. The predicted molar refractivity (Wildman–Crippen MR) is 79.0 cm³/mol. The molecule has 0 atom stereocenters. The summed E-state index contributed by atoms with van der Waals surface area (Å²) in [4.78, 5) is 2.07. The zero-order valence-corrected chi connectivity index (χ0v) is 11.7. The molecule has 2 aliphatic rings. The topological polar surface area (TPSA) is 23.5 Å². The molecular formula is C17H18FNO. The smallest absolute Gasteiger partial charge is 0.125 e. The molecule has 1 aliphatic carbocycles. The molecule has 0 amide bonds. The second kappa shape index (κ2) is 4.51. The van der Waals surface area contributed by atoms with Crippen LogP contribution in [0.3, 0.4) is 0 Å². The molecule has 0 radical (unpaired) electrons. The third kappa shape index (κ3) is 2.24. The van der Waals surface area contributed by atoms with Gasteiger partial charge in [-0.15, -0.1) is 0 Å². The van der Waals surface area contributed by atoms with Crippen LogP contribution in [0.25, 0.3) is 0 Å². The second-order valence-electron chi connectivity index (χ2n) is 6.04. The number of aliphatic hydroxyl groups excluding tert-OH is 1. The Morgan fingerprint density at radius 1 is 1.30 bits per heavy atom. The van der Waals surface area contributed by atoms with Crippen molar-refractivity contribution in [2.75, 3.05) is 11.4 Å². The van der Waals surface area contributed by atoms with Crippen molar-refractivity contribution in [3.63, 3.8) is 0 Å². The van der Waals surface area contributed by atoms with E-state index in [4.69, 9.17) is 0 Å². The van der Waals surface area contributed by atoms with Crippen molar-refractivity contribution < 1.29 is 9.50 Å². The van der Waals surface area contributed by atoms with Crippen molar-refractivity contribution in [1.29, 1.82) is 0 Å². The number of aliphatic hydroxyl groups is 1. The van der Waals surface area contributed by atoms with E-state index in [1.807, 2.05) is 12.1 Å². The Morgan fingerprint density at radius 2 is 2.10 bits per heavy atom. The van der Waals surface area contributed by atoms with Crippen molar-refractivity contribution >= 4 is 5.69 Å². The van der Waals surface area contributed by atoms with Crippen molar-refractivity contribution in [3.05, 3.63) is 65.3 Å². The molecule has 0 bridgehead atoms. The molecule has 1 aliphatic heterocycles. The zero-order valence-electron chi connectivity index (χ0n) is 11.7. The van der Waals surface area contributed by atoms with Gasteiger partial charge in [0, 0.05) is 23.5 Å². The first kappa shape index (κ1) is 13.0. The first-order valence-corrected chi connectivity index (χ1v) is 6.81. The molecule has 0 fully saturated rings. The number of nitrogens with zero attached hydrogens (tertiary/aromatic N) is 1. The lowest BCUT2D eigenvalue weighted by molar-refractivity contribution is 0.405. The first-order chi connectivity index (χ1) is 9.46. The minimum atomic E-state index is -0.242. The maximum atomic E-state index is 13.5. The second-order valence-corrected chi connectivity index (χ2v) is 6.04. The number of halogens is 1. The van der Waals surface area contributed by atoms with Crippen molar-refractivity contribution in [3.8, 4) is 0 Å². The SMILES string of the molecule is CC1(C)C=CC2=C(C1)N(c1cccc(F)c1)CC=C2O. The van der Waals surface area contributed by atoms with Crippen LogP contribution in [0.15, 0.2) is 59.5 Å². The van der Waals surface area contributed by atoms with E-state index in [0.29, 0.717) is 12.3 Å². The van der Waals surface area contributed by atoms with E-state index < -0.39 is 0 Å². The molecule has 20 heavy (non-hydrogen) atoms. The molecule has 3 rings (SSSR count). The number of hydrogen-bond acceptors (Lipinski definition) is 2. The highest BCUT2D eigenvalue weighted by atomic mass is 19.1. The summed E-state index contributed by atoms with van der Waals surface area (Å²) >= 11 is 0. The van der Waals surface area contributed by atoms with Gasteiger partial charge in [-0.2, -0.15) is 0 Å². The van der Waals surface area contributed by atoms with Crippen molar-refractivity contribution in [1.82, 2.24) is 0 Å². The van der Waals surface area contributed by atoms with Crippen LogP contribution < -0.4 is 4.90 Å². The Kier molecular flexibility index (Phi) is 2.93. The summed E-state index contributed by atoms with van der Waals surface area (Å²) in [7, 11) is 0. The molecule has 0 unspecified atom stereocenters. The molecule has 3 heteroatoms. The Morgan fingerprint density at radius 3 is 2.85 bits per heavy atom. The zero-order chi connectivity index (χ0) is 14.3. The maximum Gasteiger partial charge on any atom is 0.125 e. The number of benzene rings is 1. The molecule has 0 saturated heterocycles. The largest absolute Gasteiger partial charge is 0.508 e. The summed E-state index contributed by atoms with van der Waals surface area (Å²) in [6, 6.07) is 6.59. The van der Waals surface area contributed by atoms with Gasteiger partial charge in [0.15, 0.2) is 0 Å². The molecule has 1 aromatic carbocycles. The lowest BCUT2D eigenvalue weighted by Crippen LogP contribution is -2.32. The van der Waals surface area contributed by atoms with Gasteiger partial charge in [-0.05, 0) is 36.1 Å². The summed E-state index contributed by atoms with van der Waals surface area (Å²) < 4.78 is 13.5. The van der Waals surface area contributed by atoms with Crippen molar-refractivity contribution in [2.45, 2.75) is 20.3 Å². The third-order valence-electron chi connectivity index (χ3n) is 3.82. The van der Waals surface area contributed by atoms with E-state index >= 15 is 0 Å². The van der Waals surface area contributed by atoms with Gasteiger partial charge in [0.1, 0.15) is 11.6 Å². The number of hydrogen-bond donors (Lipinski definition) is 1. The summed E-state index contributed by atoms with van der Waals surface area (Å²) in [6.07, 6.45) is 6.68. The molecule has 1 heterocycles. The van der Waals surface area contributed by atoms with Gasteiger partial charge < -0.3 is 10.0 Å². The normalized spacial score (nSPS) is 20.8. The highest BCUT2D eigenvalue weighted by Crippen LogP contribution is 2.40. The van der Waals surface area contributed by atoms with Crippen LogP contribution >= 0.6 is 0 Å². The van der Waals surface area contributed by atoms with Crippen LogP contribution in [-0.2, 0) is 0 Å². The average Bonchev–Trinajstić information content (AvgIpc) is 2.37. The number of rotatable bonds is 1. The minimum absolute atomic E-state index is 0.0437. The Hall–Kier alpha value is -2.03. The molecular weight excluding hydrogens is 253 g/mol. The minimum Gasteiger partial charge on any atom is -0.508 e. The Balaban J connectivity index is 2.06. The third-order valence-corrected chi connectivity index (χ3v) is 3.82. The van der Waals surface area contributed by atoms with E-state index in [1.165, 1.54) is 12.1 Å². The lowest BCUT2D eigenvalue weighted by Gasteiger charge is -2.37. The fourth-order valence-electron chi connectivity index (χ4n) is 2.77. The first-order valence-electron chi connectivity index (χ1n) is 6.81. The maximum absolute atomic E-state index is 13.5. The van der Waals surface area contributed by atoms with Crippen LogP contribution in [0.2, 0.25) is 0 Å². The van der Waals surface area contributed by atoms with Crippen LogP contribution in [0.1, 0.15) is 20.3 Å².